The summed E-state index contributed by atoms with van der Waals surface area (Å²) in [5.74, 6) is 2.51. The summed E-state index contributed by atoms with van der Waals surface area (Å²) in [5.41, 5.74) is 0.576. The van der Waals surface area contributed by atoms with Crippen LogP contribution in [0.25, 0.3) is 0 Å². The van der Waals surface area contributed by atoms with Crippen molar-refractivity contribution in [2.45, 2.75) is 25.4 Å². The van der Waals surface area contributed by atoms with E-state index in [0.717, 1.165) is 6.42 Å². The molecule has 0 saturated heterocycles. The Labute approximate surface area is 71.0 Å². The molecule has 0 saturated carbocycles. The van der Waals surface area contributed by atoms with Crippen molar-refractivity contribution in [2.75, 3.05) is 0 Å². The van der Waals surface area contributed by atoms with Crippen LogP contribution in [0.2, 0.25) is 0 Å². The quantitative estimate of drug-likeness (QED) is 0.508. The van der Waals surface area contributed by atoms with E-state index in [1.807, 2.05) is 0 Å². The van der Waals surface area contributed by atoms with Gasteiger partial charge in [0.2, 0.25) is 0 Å². The molecule has 4 nitrogen and oxygen atoms in total. The van der Waals surface area contributed by atoms with Crippen LogP contribution in [0.15, 0.2) is 6.20 Å². The number of nitrogens with zero attached hydrogens (tertiary/aromatic N) is 2. The van der Waals surface area contributed by atoms with E-state index in [1.54, 1.807) is 0 Å². The summed E-state index contributed by atoms with van der Waals surface area (Å²) in [7, 11) is 0. The van der Waals surface area contributed by atoms with Crippen LogP contribution in [0.1, 0.15) is 31.1 Å². The minimum Gasteiger partial charge on any atom is -0.387 e. The molecule has 2 N–H and O–H groups in total. The topological polar surface area (TPSA) is 61.8 Å². The molecule has 0 amide bonds. The van der Waals surface area contributed by atoms with Gasteiger partial charge in [0.05, 0.1) is 12.3 Å². The Kier molecular flexibility index (Phi) is 3.30. The molecule has 0 fully saturated rings. The van der Waals surface area contributed by atoms with Crippen LogP contribution in [-0.4, -0.2) is 20.5 Å². The van der Waals surface area contributed by atoms with Crippen LogP contribution < -0.4 is 0 Å². The van der Waals surface area contributed by atoms with Gasteiger partial charge in [0.15, 0.2) is 0 Å². The molecule has 0 aliphatic heterocycles. The monoisotopic (exact) mass is 165 g/mol. The van der Waals surface area contributed by atoms with Gasteiger partial charge >= 0.3 is 0 Å². The molecule has 0 aliphatic rings. The lowest BCUT2D eigenvalue weighted by Crippen LogP contribution is -1.97. The first kappa shape index (κ1) is 8.75. The van der Waals surface area contributed by atoms with E-state index < -0.39 is 6.10 Å². The summed E-state index contributed by atoms with van der Waals surface area (Å²) in [4.78, 5) is 0. The van der Waals surface area contributed by atoms with E-state index in [2.05, 4.69) is 21.3 Å². The van der Waals surface area contributed by atoms with Crippen LogP contribution >= 0.6 is 0 Å². The SMILES string of the molecule is C#CCCCC(O)c1cn[nH]n1. The number of aromatic amines is 1. The zero-order chi connectivity index (χ0) is 8.81. The Morgan fingerprint density at radius 1 is 1.75 bits per heavy atom. The van der Waals surface area contributed by atoms with Gasteiger partial charge in [-0.1, -0.05) is 0 Å². The van der Waals surface area contributed by atoms with Crippen molar-refractivity contribution in [1.29, 1.82) is 0 Å². The van der Waals surface area contributed by atoms with Crippen LogP contribution in [0.5, 0.6) is 0 Å². The normalized spacial score (nSPS) is 12.3. The number of unbranched alkanes of at least 4 members (excludes halogenated alkanes) is 1. The zero-order valence-corrected chi connectivity index (χ0v) is 6.70. The number of aliphatic hydroxyl groups excluding tert-OH is 1. The van der Waals surface area contributed by atoms with Crippen molar-refractivity contribution in [3.8, 4) is 12.3 Å². The van der Waals surface area contributed by atoms with Crippen molar-refractivity contribution >= 4 is 0 Å². The fourth-order valence-corrected chi connectivity index (χ4v) is 0.916. The standard InChI is InChI=1S/C8H11N3O/c1-2-3-4-5-8(12)7-6-9-11-10-7/h1,6,8,12H,3-5H2,(H,9,10,11). The van der Waals surface area contributed by atoms with E-state index in [4.69, 9.17) is 6.42 Å². The molecule has 12 heavy (non-hydrogen) atoms. The Morgan fingerprint density at radius 3 is 3.17 bits per heavy atom. The van der Waals surface area contributed by atoms with Gasteiger partial charge in [-0.25, -0.2) is 0 Å². The third-order valence-corrected chi connectivity index (χ3v) is 1.57. The van der Waals surface area contributed by atoms with Crippen molar-refractivity contribution in [3.63, 3.8) is 0 Å². The molecule has 64 valence electrons. The summed E-state index contributed by atoms with van der Waals surface area (Å²) in [5, 5.41) is 19.2. The van der Waals surface area contributed by atoms with Crippen LogP contribution in [-0.2, 0) is 0 Å². The number of hydrogen-bond acceptors (Lipinski definition) is 3. The first-order chi connectivity index (χ1) is 5.84. The molecule has 1 unspecified atom stereocenters. The Hall–Kier alpha value is -1.34. The number of terminal acetylenes is 1. The van der Waals surface area contributed by atoms with E-state index in [9.17, 15) is 5.11 Å². The summed E-state index contributed by atoms with van der Waals surface area (Å²) in [6, 6.07) is 0. The van der Waals surface area contributed by atoms with Gasteiger partial charge in [0, 0.05) is 6.42 Å². The number of hydrogen-bond donors (Lipinski definition) is 2. The molecule has 1 aromatic rings. The highest BCUT2D eigenvalue weighted by atomic mass is 16.3. The van der Waals surface area contributed by atoms with Crippen LogP contribution in [0, 0.1) is 12.3 Å². The Balaban J connectivity index is 2.30. The highest BCUT2D eigenvalue weighted by Crippen LogP contribution is 2.14. The molecule has 0 bridgehead atoms. The summed E-state index contributed by atoms with van der Waals surface area (Å²) in [6.07, 6.45) is 8.17. The lowest BCUT2D eigenvalue weighted by molar-refractivity contribution is 0.160. The Morgan fingerprint density at radius 2 is 2.58 bits per heavy atom. The second kappa shape index (κ2) is 4.52. The van der Waals surface area contributed by atoms with Crippen molar-refractivity contribution in [1.82, 2.24) is 15.4 Å². The summed E-state index contributed by atoms with van der Waals surface area (Å²) in [6.45, 7) is 0. The van der Waals surface area contributed by atoms with E-state index in [-0.39, 0.29) is 0 Å². The predicted octanol–water partition coefficient (Wildman–Crippen LogP) is 0.642. The molecular weight excluding hydrogens is 154 g/mol. The third-order valence-electron chi connectivity index (χ3n) is 1.57. The molecule has 1 atom stereocenters. The fourth-order valence-electron chi connectivity index (χ4n) is 0.916. The molecule has 1 rings (SSSR count). The summed E-state index contributed by atoms with van der Waals surface area (Å²) >= 11 is 0. The second-order valence-corrected chi connectivity index (χ2v) is 2.51. The molecule has 1 heterocycles. The maximum atomic E-state index is 9.44. The molecule has 1 aromatic heterocycles. The highest BCUT2D eigenvalue weighted by molar-refractivity contribution is 4.95. The highest BCUT2D eigenvalue weighted by Gasteiger charge is 2.08. The average Bonchev–Trinajstić information content (AvgIpc) is 2.56. The number of nitrogens with one attached hydrogen (secondary N) is 1. The van der Waals surface area contributed by atoms with Crippen molar-refractivity contribution in [2.24, 2.45) is 0 Å². The lowest BCUT2D eigenvalue weighted by Gasteiger charge is -2.03. The van der Waals surface area contributed by atoms with Gasteiger partial charge in [-0.15, -0.1) is 12.3 Å². The number of H-pyrrole nitrogens is 1. The van der Waals surface area contributed by atoms with Crippen molar-refractivity contribution in [3.05, 3.63) is 11.9 Å². The molecular formula is C8H11N3O. The number of rotatable bonds is 4. The lowest BCUT2D eigenvalue weighted by atomic mass is 10.1. The molecule has 0 aliphatic carbocycles. The predicted molar refractivity (Wildman–Crippen MR) is 44.0 cm³/mol. The minimum absolute atomic E-state index is 0.544. The largest absolute Gasteiger partial charge is 0.387 e. The maximum Gasteiger partial charge on any atom is 0.111 e. The second-order valence-electron chi connectivity index (χ2n) is 2.51. The van der Waals surface area contributed by atoms with Gasteiger partial charge in [0.1, 0.15) is 5.69 Å². The van der Waals surface area contributed by atoms with E-state index in [0.29, 0.717) is 18.5 Å². The average molecular weight is 165 g/mol. The van der Waals surface area contributed by atoms with Crippen molar-refractivity contribution < 1.29 is 5.11 Å². The van der Waals surface area contributed by atoms with Gasteiger partial charge in [-0.2, -0.15) is 15.4 Å². The van der Waals surface area contributed by atoms with Crippen LogP contribution in [0.3, 0.4) is 0 Å². The zero-order valence-electron chi connectivity index (χ0n) is 6.70. The van der Waals surface area contributed by atoms with Crippen LogP contribution in [0.4, 0.5) is 0 Å². The van der Waals surface area contributed by atoms with Gasteiger partial charge in [0.25, 0.3) is 0 Å². The Bertz CT molecular complexity index is 250. The minimum atomic E-state index is -0.544. The van der Waals surface area contributed by atoms with Gasteiger partial charge in [-0.05, 0) is 12.8 Å². The van der Waals surface area contributed by atoms with E-state index >= 15 is 0 Å². The number of aliphatic hydroxyl groups is 1. The fraction of sp³-hybridized carbons (Fsp3) is 0.500. The maximum absolute atomic E-state index is 9.44. The van der Waals surface area contributed by atoms with Gasteiger partial charge < -0.3 is 5.11 Å². The third kappa shape index (κ3) is 2.36. The molecule has 0 spiro atoms. The first-order valence-electron chi connectivity index (χ1n) is 3.82. The molecule has 0 aromatic carbocycles. The van der Waals surface area contributed by atoms with E-state index in [1.165, 1.54) is 6.20 Å². The molecule has 4 heteroatoms. The number of aromatic nitrogens is 3. The summed E-state index contributed by atoms with van der Waals surface area (Å²) < 4.78 is 0. The molecule has 0 radical (unpaired) electrons. The van der Waals surface area contributed by atoms with Gasteiger partial charge in [-0.3, -0.25) is 0 Å². The first-order valence-corrected chi connectivity index (χ1v) is 3.82. The smallest absolute Gasteiger partial charge is 0.111 e.